The quantitative estimate of drug-likeness (QED) is 0.434. The highest BCUT2D eigenvalue weighted by molar-refractivity contribution is 7.20. The number of carbonyl (C=O) groups excluding carboxylic acids is 1. The Balaban J connectivity index is 1.36. The van der Waals surface area contributed by atoms with E-state index in [1.165, 1.54) is 22.5 Å². The predicted molar refractivity (Wildman–Crippen MR) is 145 cm³/mol. The van der Waals surface area contributed by atoms with Crippen molar-refractivity contribution in [1.82, 2.24) is 24.7 Å². The lowest BCUT2D eigenvalue weighted by Gasteiger charge is -2.39. The van der Waals surface area contributed by atoms with Crippen molar-refractivity contribution >= 4 is 27.5 Å². The molecule has 1 N–H and O–H groups in total. The maximum atomic E-state index is 13.6. The molecule has 2 aromatic carbocycles. The van der Waals surface area contributed by atoms with Crippen LogP contribution in [-0.4, -0.2) is 70.8 Å². The number of aromatic nitrogens is 2. The zero-order chi connectivity index (χ0) is 25.2. The van der Waals surface area contributed by atoms with Gasteiger partial charge in [0.15, 0.2) is 0 Å². The Kier molecular flexibility index (Phi) is 7.00. The summed E-state index contributed by atoms with van der Waals surface area (Å²) in [5.74, 6) is 0.596. The van der Waals surface area contributed by atoms with Gasteiger partial charge in [0.25, 0.3) is 11.5 Å². The van der Waals surface area contributed by atoms with Crippen molar-refractivity contribution < 1.29 is 4.79 Å². The zero-order valence-electron chi connectivity index (χ0n) is 20.9. The van der Waals surface area contributed by atoms with E-state index in [1.54, 1.807) is 0 Å². The van der Waals surface area contributed by atoms with Crippen LogP contribution in [0.25, 0.3) is 10.2 Å². The Bertz CT molecular complexity index is 1370. The van der Waals surface area contributed by atoms with Crippen LogP contribution in [0.3, 0.4) is 0 Å². The van der Waals surface area contributed by atoms with Gasteiger partial charge in [-0.1, -0.05) is 60.7 Å². The number of hydrogen-bond acceptors (Lipinski definition) is 6. The smallest absolute Gasteiger partial charge is 0.264 e. The van der Waals surface area contributed by atoms with Gasteiger partial charge in [0.2, 0.25) is 0 Å². The normalized spacial score (nSPS) is 14.8. The number of hydrogen-bond donors (Lipinski definition) is 1. The first-order valence-corrected chi connectivity index (χ1v) is 13.0. The molecule has 0 unspecified atom stereocenters. The van der Waals surface area contributed by atoms with Crippen LogP contribution in [0.5, 0.6) is 0 Å². The van der Waals surface area contributed by atoms with Crippen LogP contribution in [0, 0.1) is 6.92 Å². The second kappa shape index (κ2) is 10.3. The Morgan fingerprint density at radius 3 is 2.14 bits per heavy atom. The number of aryl methyl sites for hydroxylation is 1. The number of piperazine rings is 1. The molecule has 0 bridgehead atoms. The topological polar surface area (TPSA) is 72.5 Å². The number of benzene rings is 2. The average molecular weight is 502 g/mol. The number of nitrogens with one attached hydrogen (secondary N) is 1. The molecule has 186 valence electrons. The van der Waals surface area contributed by atoms with E-state index in [1.807, 2.05) is 43.0 Å². The highest BCUT2D eigenvalue weighted by Crippen LogP contribution is 2.31. The molecular weight excluding hydrogens is 470 g/mol. The van der Waals surface area contributed by atoms with E-state index in [2.05, 4.69) is 63.4 Å². The summed E-state index contributed by atoms with van der Waals surface area (Å²) in [4.78, 5) is 41.4. The third-order valence-electron chi connectivity index (χ3n) is 6.71. The summed E-state index contributed by atoms with van der Waals surface area (Å²) in [5.41, 5.74) is 3.05. The molecule has 2 aromatic heterocycles. The van der Waals surface area contributed by atoms with Gasteiger partial charge in [-0.05, 0) is 37.7 Å². The summed E-state index contributed by atoms with van der Waals surface area (Å²) >= 11 is 1.33. The van der Waals surface area contributed by atoms with E-state index < -0.39 is 0 Å². The molecule has 1 aliphatic rings. The van der Waals surface area contributed by atoms with Gasteiger partial charge in [-0.2, -0.15) is 0 Å². The van der Waals surface area contributed by atoms with Gasteiger partial charge in [-0.3, -0.25) is 14.5 Å². The van der Waals surface area contributed by atoms with E-state index in [0.717, 1.165) is 18.7 Å². The van der Waals surface area contributed by atoms with E-state index in [-0.39, 0.29) is 17.5 Å². The predicted octanol–water partition coefficient (Wildman–Crippen LogP) is 3.90. The number of nitrogens with zero attached hydrogens (tertiary/aromatic N) is 4. The van der Waals surface area contributed by atoms with Crippen LogP contribution < -0.4 is 5.56 Å². The minimum absolute atomic E-state index is 0.0142. The summed E-state index contributed by atoms with van der Waals surface area (Å²) in [5, 5.41) is 0.526. The molecule has 4 aromatic rings. The summed E-state index contributed by atoms with van der Waals surface area (Å²) in [6.45, 7) is 5.21. The Morgan fingerprint density at radius 2 is 1.58 bits per heavy atom. The molecule has 36 heavy (non-hydrogen) atoms. The Hall–Kier alpha value is -3.33. The Morgan fingerprint density at radius 1 is 1.00 bits per heavy atom. The fourth-order valence-electron chi connectivity index (χ4n) is 4.98. The summed E-state index contributed by atoms with van der Waals surface area (Å²) in [6.07, 6.45) is 0. The molecule has 1 fully saturated rings. The van der Waals surface area contributed by atoms with Gasteiger partial charge in [0.05, 0.1) is 22.8 Å². The van der Waals surface area contributed by atoms with Gasteiger partial charge >= 0.3 is 0 Å². The lowest BCUT2D eigenvalue weighted by Crippen LogP contribution is -2.49. The molecule has 1 amide bonds. The van der Waals surface area contributed by atoms with E-state index in [9.17, 15) is 9.59 Å². The van der Waals surface area contributed by atoms with Crippen LogP contribution in [0.4, 0.5) is 0 Å². The molecule has 1 aliphatic heterocycles. The summed E-state index contributed by atoms with van der Waals surface area (Å²) in [7, 11) is 3.86. The van der Waals surface area contributed by atoms with Crippen molar-refractivity contribution in [3.05, 3.63) is 98.4 Å². The van der Waals surface area contributed by atoms with Gasteiger partial charge in [0, 0.05) is 26.2 Å². The first-order chi connectivity index (χ1) is 17.4. The van der Waals surface area contributed by atoms with Gasteiger partial charge in [0.1, 0.15) is 10.7 Å². The standard InChI is InChI=1S/C28H31N5O2S/c1-19-23-26(34)29-22(18-31(2)3)30-27(23)36-25(19)28(35)33-16-14-32(15-17-33)24(20-10-6-4-7-11-20)21-12-8-5-9-13-21/h4-13,24H,14-18H2,1-3H3,(H,29,30,34). The Labute approximate surface area is 215 Å². The van der Waals surface area contributed by atoms with Gasteiger partial charge in [-0.25, -0.2) is 4.98 Å². The minimum Gasteiger partial charge on any atom is -0.335 e. The fraction of sp³-hybridized carbons (Fsp3) is 0.321. The molecule has 0 aliphatic carbocycles. The molecule has 0 atom stereocenters. The number of fused-ring (bicyclic) bond motifs is 1. The van der Waals surface area contributed by atoms with Gasteiger partial charge in [-0.15, -0.1) is 11.3 Å². The molecule has 1 saturated heterocycles. The van der Waals surface area contributed by atoms with Crippen LogP contribution in [0.2, 0.25) is 0 Å². The molecule has 0 saturated carbocycles. The molecule has 3 heterocycles. The van der Waals surface area contributed by atoms with Crippen molar-refractivity contribution in [2.75, 3.05) is 40.3 Å². The maximum absolute atomic E-state index is 13.6. The summed E-state index contributed by atoms with van der Waals surface area (Å²) in [6, 6.07) is 21.2. The number of carbonyl (C=O) groups is 1. The van der Waals surface area contributed by atoms with Crippen molar-refractivity contribution in [1.29, 1.82) is 0 Å². The minimum atomic E-state index is -0.178. The maximum Gasteiger partial charge on any atom is 0.264 e. The van der Waals surface area contributed by atoms with E-state index in [4.69, 9.17) is 0 Å². The molecule has 0 radical (unpaired) electrons. The number of thiophene rings is 1. The first-order valence-electron chi connectivity index (χ1n) is 12.2. The second-order valence-electron chi connectivity index (χ2n) is 9.54. The largest absolute Gasteiger partial charge is 0.335 e. The fourth-order valence-corrected chi connectivity index (χ4v) is 6.15. The lowest BCUT2D eigenvalue weighted by molar-refractivity contribution is 0.0601. The highest BCUT2D eigenvalue weighted by atomic mass is 32.1. The van der Waals surface area contributed by atoms with E-state index in [0.29, 0.717) is 40.6 Å². The molecule has 5 rings (SSSR count). The van der Waals surface area contributed by atoms with Crippen LogP contribution in [0.15, 0.2) is 65.5 Å². The van der Waals surface area contributed by atoms with Crippen molar-refractivity contribution in [3.8, 4) is 0 Å². The van der Waals surface area contributed by atoms with Crippen LogP contribution in [-0.2, 0) is 6.54 Å². The monoisotopic (exact) mass is 501 g/mol. The van der Waals surface area contributed by atoms with Crippen molar-refractivity contribution in [2.45, 2.75) is 19.5 Å². The second-order valence-corrected chi connectivity index (χ2v) is 10.5. The van der Waals surface area contributed by atoms with E-state index >= 15 is 0 Å². The summed E-state index contributed by atoms with van der Waals surface area (Å²) < 4.78 is 0. The third kappa shape index (κ3) is 4.84. The molecule has 0 spiro atoms. The number of H-pyrrole nitrogens is 1. The third-order valence-corrected chi connectivity index (χ3v) is 7.88. The first kappa shape index (κ1) is 24.4. The zero-order valence-corrected chi connectivity index (χ0v) is 21.7. The molecular formula is C28H31N5O2S. The highest BCUT2D eigenvalue weighted by Gasteiger charge is 2.30. The molecule has 8 heteroatoms. The lowest BCUT2D eigenvalue weighted by atomic mass is 9.96. The average Bonchev–Trinajstić information content (AvgIpc) is 3.21. The number of rotatable bonds is 6. The molecule has 7 nitrogen and oxygen atoms in total. The van der Waals surface area contributed by atoms with Crippen LogP contribution in [0.1, 0.15) is 38.2 Å². The van der Waals surface area contributed by atoms with Gasteiger partial charge < -0.3 is 14.8 Å². The van der Waals surface area contributed by atoms with Crippen molar-refractivity contribution in [3.63, 3.8) is 0 Å². The number of amides is 1. The number of aromatic amines is 1. The van der Waals surface area contributed by atoms with Crippen LogP contribution >= 0.6 is 11.3 Å². The van der Waals surface area contributed by atoms with Crippen molar-refractivity contribution in [2.24, 2.45) is 0 Å². The SMILES string of the molecule is Cc1c(C(=O)N2CCN(C(c3ccccc3)c3ccccc3)CC2)sc2nc(CN(C)C)[nH]c(=O)c12.